The molecule has 1 unspecified atom stereocenters. The van der Waals surface area contributed by atoms with Crippen molar-refractivity contribution in [3.63, 3.8) is 0 Å². The van der Waals surface area contributed by atoms with Crippen LogP contribution >= 0.6 is 0 Å². The maximum atomic E-state index is 9.97. The Balaban J connectivity index is 2.26. The molecule has 0 aliphatic heterocycles. The van der Waals surface area contributed by atoms with Gasteiger partial charge in [-0.05, 0) is 58.9 Å². The fourth-order valence-electron chi connectivity index (χ4n) is 2.01. The van der Waals surface area contributed by atoms with Crippen LogP contribution in [-0.2, 0) is 0 Å². The second kappa shape index (κ2) is 9.35. The van der Waals surface area contributed by atoms with Gasteiger partial charge in [-0.2, -0.15) is 5.26 Å². The maximum Gasteiger partial charge on any atom is 0.120 e. The number of hydrogen-bond acceptors (Lipinski definition) is 5. The molecule has 5 heteroatoms. The van der Waals surface area contributed by atoms with E-state index in [0.717, 1.165) is 19.5 Å². The number of likely N-dealkylation sites (N-methyl/N-ethyl adjacent to an activating group) is 1. The van der Waals surface area contributed by atoms with E-state index in [1.54, 1.807) is 24.3 Å². The minimum Gasteiger partial charge on any atom is -0.491 e. The first-order chi connectivity index (χ1) is 10.0. The summed E-state index contributed by atoms with van der Waals surface area (Å²) < 4.78 is 5.52. The lowest BCUT2D eigenvalue weighted by Gasteiger charge is -2.21. The molecule has 1 N–H and O–H groups in total. The van der Waals surface area contributed by atoms with Crippen LogP contribution in [0, 0.1) is 11.3 Å². The molecule has 5 nitrogen and oxygen atoms in total. The number of nitriles is 1. The zero-order chi connectivity index (χ0) is 15.7. The van der Waals surface area contributed by atoms with Gasteiger partial charge in [0, 0.05) is 6.54 Å². The number of rotatable bonds is 9. The zero-order valence-corrected chi connectivity index (χ0v) is 13.1. The summed E-state index contributed by atoms with van der Waals surface area (Å²) in [5.41, 5.74) is 0.558. The number of nitrogens with zero attached hydrogens (tertiary/aromatic N) is 3. The van der Waals surface area contributed by atoms with Crippen molar-refractivity contribution < 1.29 is 9.84 Å². The van der Waals surface area contributed by atoms with Crippen LogP contribution in [0.3, 0.4) is 0 Å². The topological polar surface area (TPSA) is 59.7 Å². The molecule has 21 heavy (non-hydrogen) atoms. The van der Waals surface area contributed by atoms with Gasteiger partial charge in [-0.15, -0.1) is 0 Å². The van der Waals surface area contributed by atoms with E-state index in [9.17, 15) is 5.11 Å². The summed E-state index contributed by atoms with van der Waals surface area (Å²) >= 11 is 0. The molecule has 0 heterocycles. The van der Waals surface area contributed by atoms with E-state index in [1.807, 2.05) is 7.05 Å². The first-order valence-electron chi connectivity index (χ1n) is 7.15. The predicted molar refractivity (Wildman–Crippen MR) is 83.3 cm³/mol. The predicted octanol–water partition coefficient (Wildman–Crippen LogP) is 1.18. The number of aliphatic hydroxyl groups excluding tert-OH is 1. The van der Waals surface area contributed by atoms with Crippen molar-refractivity contribution in [2.24, 2.45) is 0 Å². The summed E-state index contributed by atoms with van der Waals surface area (Å²) in [6.45, 7) is 2.79. The van der Waals surface area contributed by atoms with Gasteiger partial charge in [-0.1, -0.05) is 6.07 Å². The second-order valence-electron chi connectivity index (χ2n) is 5.52. The van der Waals surface area contributed by atoms with Crippen molar-refractivity contribution in [3.8, 4) is 11.8 Å². The fraction of sp³-hybridized carbons (Fsp3) is 0.562. The van der Waals surface area contributed by atoms with Gasteiger partial charge in [0.2, 0.25) is 0 Å². The van der Waals surface area contributed by atoms with E-state index in [4.69, 9.17) is 10.00 Å². The van der Waals surface area contributed by atoms with E-state index in [0.29, 0.717) is 17.9 Å². The molecule has 0 fully saturated rings. The number of aliphatic hydroxyl groups is 1. The maximum absolute atomic E-state index is 9.97. The van der Waals surface area contributed by atoms with E-state index in [-0.39, 0.29) is 6.61 Å². The van der Waals surface area contributed by atoms with Crippen molar-refractivity contribution >= 4 is 0 Å². The SMILES string of the molecule is CN(C)CCCN(C)CC(O)COc1cccc(C#N)c1. The molecule has 116 valence electrons. The molecule has 0 radical (unpaired) electrons. The van der Waals surface area contributed by atoms with Gasteiger partial charge in [-0.25, -0.2) is 0 Å². The van der Waals surface area contributed by atoms with Crippen LogP contribution in [0.4, 0.5) is 0 Å². The molecular formula is C16H25N3O2. The van der Waals surface area contributed by atoms with Crippen LogP contribution in [-0.4, -0.2) is 68.4 Å². The molecule has 0 saturated carbocycles. The first-order valence-corrected chi connectivity index (χ1v) is 7.15. The third-order valence-corrected chi connectivity index (χ3v) is 3.07. The molecule has 0 aliphatic carbocycles. The highest BCUT2D eigenvalue weighted by Crippen LogP contribution is 2.12. The Kier molecular flexibility index (Phi) is 7.76. The Bertz CT molecular complexity index is 457. The van der Waals surface area contributed by atoms with E-state index in [2.05, 4.69) is 30.0 Å². The highest BCUT2D eigenvalue weighted by molar-refractivity contribution is 5.36. The Morgan fingerprint density at radius 2 is 2.05 bits per heavy atom. The van der Waals surface area contributed by atoms with Crippen molar-refractivity contribution in [2.45, 2.75) is 12.5 Å². The van der Waals surface area contributed by atoms with Crippen LogP contribution < -0.4 is 4.74 Å². The van der Waals surface area contributed by atoms with E-state index in [1.165, 1.54) is 0 Å². The molecule has 0 aliphatic rings. The van der Waals surface area contributed by atoms with E-state index >= 15 is 0 Å². The highest BCUT2D eigenvalue weighted by atomic mass is 16.5. The number of ether oxygens (including phenoxy) is 1. The molecule has 0 saturated heterocycles. The zero-order valence-electron chi connectivity index (χ0n) is 13.1. The van der Waals surface area contributed by atoms with Crippen molar-refractivity contribution in [2.75, 3.05) is 47.4 Å². The summed E-state index contributed by atoms with van der Waals surface area (Å²) in [7, 11) is 6.10. The molecule has 1 aromatic carbocycles. The largest absolute Gasteiger partial charge is 0.491 e. The lowest BCUT2D eigenvalue weighted by Crippen LogP contribution is -2.34. The minimum absolute atomic E-state index is 0.229. The van der Waals surface area contributed by atoms with Crippen LogP contribution in [0.5, 0.6) is 5.75 Å². The Morgan fingerprint density at radius 3 is 2.71 bits per heavy atom. The third-order valence-electron chi connectivity index (χ3n) is 3.07. The summed E-state index contributed by atoms with van der Waals surface area (Å²) in [6.07, 6.45) is 0.529. The van der Waals surface area contributed by atoms with Gasteiger partial charge >= 0.3 is 0 Å². The van der Waals surface area contributed by atoms with Crippen LogP contribution in [0.2, 0.25) is 0 Å². The monoisotopic (exact) mass is 291 g/mol. The van der Waals surface area contributed by atoms with Gasteiger partial charge in [0.05, 0.1) is 11.6 Å². The fourth-order valence-corrected chi connectivity index (χ4v) is 2.01. The lowest BCUT2D eigenvalue weighted by atomic mass is 10.2. The Morgan fingerprint density at radius 1 is 1.29 bits per heavy atom. The molecule has 1 atom stereocenters. The molecule has 0 aromatic heterocycles. The van der Waals surface area contributed by atoms with Gasteiger partial charge < -0.3 is 19.6 Å². The smallest absolute Gasteiger partial charge is 0.120 e. The van der Waals surface area contributed by atoms with Crippen molar-refractivity contribution in [1.82, 2.24) is 9.80 Å². The van der Waals surface area contributed by atoms with Gasteiger partial charge in [-0.3, -0.25) is 0 Å². The summed E-state index contributed by atoms with van der Waals surface area (Å²) in [5.74, 6) is 0.614. The molecule has 1 aromatic rings. The summed E-state index contributed by atoms with van der Waals surface area (Å²) in [6, 6.07) is 9.02. The quantitative estimate of drug-likeness (QED) is 0.740. The van der Waals surface area contributed by atoms with E-state index < -0.39 is 6.10 Å². The van der Waals surface area contributed by atoms with Crippen LogP contribution in [0.15, 0.2) is 24.3 Å². The Hall–Kier alpha value is -1.61. The average molecular weight is 291 g/mol. The van der Waals surface area contributed by atoms with Crippen LogP contribution in [0.1, 0.15) is 12.0 Å². The minimum atomic E-state index is -0.542. The molecule has 0 spiro atoms. The van der Waals surface area contributed by atoms with Crippen molar-refractivity contribution in [1.29, 1.82) is 5.26 Å². The molecular weight excluding hydrogens is 266 g/mol. The van der Waals surface area contributed by atoms with Gasteiger partial charge in [0.25, 0.3) is 0 Å². The lowest BCUT2D eigenvalue weighted by molar-refractivity contribution is 0.0755. The molecule has 1 rings (SSSR count). The average Bonchev–Trinajstić information content (AvgIpc) is 2.45. The Labute approximate surface area is 127 Å². The molecule has 0 amide bonds. The number of benzene rings is 1. The third kappa shape index (κ3) is 7.66. The molecule has 0 bridgehead atoms. The van der Waals surface area contributed by atoms with Gasteiger partial charge in [0.1, 0.15) is 18.5 Å². The standard InChI is InChI=1S/C16H25N3O2/c1-18(2)8-5-9-19(3)12-15(20)13-21-16-7-4-6-14(10-16)11-17/h4,6-7,10,15,20H,5,8-9,12-13H2,1-3H3. The van der Waals surface area contributed by atoms with Crippen LogP contribution in [0.25, 0.3) is 0 Å². The van der Waals surface area contributed by atoms with Gasteiger partial charge in [0.15, 0.2) is 0 Å². The second-order valence-corrected chi connectivity index (χ2v) is 5.52. The number of hydrogen-bond donors (Lipinski definition) is 1. The highest BCUT2D eigenvalue weighted by Gasteiger charge is 2.09. The van der Waals surface area contributed by atoms with Crippen molar-refractivity contribution in [3.05, 3.63) is 29.8 Å². The normalized spacial score (nSPS) is 12.4. The first kappa shape index (κ1) is 17.4. The summed E-state index contributed by atoms with van der Waals surface area (Å²) in [5, 5.41) is 18.8. The summed E-state index contributed by atoms with van der Waals surface area (Å²) in [4.78, 5) is 4.25.